The van der Waals surface area contributed by atoms with Gasteiger partial charge >= 0.3 is 113 Å². The minimum atomic E-state index is -1.63. The van der Waals surface area contributed by atoms with E-state index in [0.717, 1.165) is 0 Å². The van der Waals surface area contributed by atoms with Crippen molar-refractivity contribution in [3.63, 3.8) is 0 Å². The molecule has 2 aliphatic carbocycles. The van der Waals surface area contributed by atoms with Gasteiger partial charge in [0, 0.05) is 0 Å². The van der Waals surface area contributed by atoms with Crippen molar-refractivity contribution in [2.75, 3.05) is 0 Å². The minimum absolute atomic E-state index is 1.22. The molecule has 0 unspecified atom stereocenters. The van der Waals surface area contributed by atoms with E-state index in [4.69, 9.17) is 0 Å². The van der Waals surface area contributed by atoms with Gasteiger partial charge in [-0.2, -0.15) is 0 Å². The van der Waals surface area contributed by atoms with Crippen LogP contribution in [0.2, 0.25) is 0 Å². The molecule has 2 aliphatic rings. The van der Waals surface area contributed by atoms with Crippen molar-refractivity contribution in [1.29, 1.82) is 0 Å². The van der Waals surface area contributed by atoms with Crippen LogP contribution in [0.4, 0.5) is 0 Å². The molecule has 0 saturated heterocycles. The number of hydrogen-bond acceptors (Lipinski definition) is 0. The zero-order valence-corrected chi connectivity index (χ0v) is 13.9. The Kier molecular flexibility index (Phi) is 4.31. The zero-order valence-electron chi connectivity index (χ0n) is 11.4. The third-order valence-electron chi connectivity index (χ3n) is 3.65. The zero-order chi connectivity index (χ0) is 12.4. The van der Waals surface area contributed by atoms with Gasteiger partial charge in [0.1, 0.15) is 0 Å². The Bertz CT molecular complexity index is 478. The van der Waals surface area contributed by atoms with Crippen molar-refractivity contribution in [3.8, 4) is 0 Å². The van der Waals surface area contributed by atoms with Gasteiger partial charge in [-0.1, -0.05) is 0 Å². The van der Waals surface area contributed by atoms with E-state index in [1.54, 1.807) is 17.6 Å². The van der Waals surface area contributed by atoms with Crippen molar-refractivity contribution in [3.05, 3.63) is 42.0 Å². The second kappa shape index (κ2) is 5.57. The van der Waals surface area contributed by atoms with Crippen LogP contribution in [-0.4, -0.2) is 3.21 Å². The molecular formula is C16H22Zr. The van der Waals surface area contributed by atoms with E-state index in [-0.39, 0.29) is 0 Å². The molecule has 1 heteroatoms. The van der Waals surface area contributed by atoms with Crippen molar-refractivity contribution in [2.45, 2.75) is 47.0 Å². The Labute approximate surface area is 113 Å². The molecule has 0 radical (unpaired) electrons. The average Bonchev–Trinajstić information content (AvgIpc) is 2.89. The molecule has 0 N–H and O–H groups in total. The molecule has 0 aliphatic heterocycles. The summed E-state index contributed by atoms with van der Waals surface area (Å²) in [6.45, 7) is 9.32. The van der Waals surface area contributed by atoms with Crippen LogP contribution in [0.3, 0.4) is 0 Å². The molecule has 0 aromatic heterocycles. The monoisotopic (exact) mass is 304 g/mol. The topological polar surface area (TPSA) is 0 Å². The molecule has 0 nitrogen and oxygen atoms in total. The second-order valence-corrected chi connectivity index (χ2v) is 12.6. The fraction of sp³-hybridized carbons (Fsp3) is 0.438. The van der Waals surface area contributed by atoms with Crippen LogP contribution < -0.4 is 0 Å². The molecule has 0 aromatic rings. The predicted octanol–water partition coefficient (Wildman–Crippen LogP) is 4.67. The molecule has 0 amide bonds. The van der Waals surface area contributed by atoms with E-state index in [2.05, 4.69) is 52.0 Å². The first-order chi connectivity index (χ1) is 8.13. The van der Waals surface area contributed by atoms with Crippen LogP contribution in [0.15, 0.2) is 42.0 Å². The first kappa shape index (κ1) is 13.2. The molecule has 90 valence electrons. The summed E-state index contributed by atoms with van der Waals surface area (Å²) in [7, 11) is 0. The average molecular weight is 306 g/mol. The molecule has 0 saturated carbocycles. The summed E-state index contributed by atoms with van der Waals surface area (Å²) >= 11 is -1.63. The second-order valence-electron chi connectivity index (χ2n) is 5.19. The van der Waals surface area contributed by atoms with Gasteiger partial charge in [-0.25, -0.2) is 0 Å². The molecule has 0 atom stereocenters. The van der Waals surface area contributed by atoms with E-state index >= 15 is 0 Å². The van der Waals surface area contributed by atoms with Gasteiger partial charge < -0.3 is 0 Å². The standard InChI is InChI=1S/C8H11.C5H5.C3H6.Zr/c1-3-8-5-4-7(2)6-8;1-2-4-5-3-1;1-3-2;/h6H,3,5H2,1-2H3;1-3H,4H2;1-2H3;. The van der Waals surface area contributed by atoms with Gasteiger partial charge in [-0.15, -0.1) is 0 Å². The maximum absolute atomic E-state index is 2.45. The molecule has 0 spiro atoms. The van der Waals surface area contributed by atoms with Crippen LogP contribution in [0.5, 0.6) is 0 Å². The van der Waals surface area contributed by atoms with E-state index < -0.39 is 21.3 Å². The molecule has 2 rings (SSSR count). The predicted molar refractivity (Wildman–Crippen MR) is 73.9 cm³/mol. The Morgan fingerprint density at radius 1 is 1.35 bits per heavy atom. The number of hydrogen-bond donors (Lipinski definition) is 0. The third-order valence-corrected chi connectivity index (χ3v) is 11.5. The van der Waals surface area contributed by atoms with Crippen molar-refractivity contribution in [2.24, 2.45) is 0 Å². The van der Waals surface area contributed by atoms with E-state index in [0.29, 0.717) is 0 Å². The fourth-order valence-corrected chi connectivity index (χ4v) is 10.4. The Morgan fingerprint density at radius 3 is 2.59 bits per heavy atom. The summed E-state index contributed by atoms with van der Waals surface area (Å²) in [5, 5.41) is 0. The maximum atomic E-state index is 2.45. The molecule has 0 heterocycles. The molecule has 0 fully saturated rings. The third kappa shape index (κ3) is 2.76. The fourth-order valence-electron chi connectivity index (χ4n) is 2.77. The molecule has 0 aromatic carbocycles. The molecular weight excluding hydrogens is 283 g/mol. The van der Waals surface area contributed by atoms with Crippen molar-refractivity contribution in [1.82, 2.24) is 0 Å². The first-order valence-electron chi connectivity index (χ1n) is 6.56. The summed E-state index contributed by atoms with van der Waals surface area (Å²) in [5.74, 6) is 0. The quantitative estimate of drug-likeness (QED) is 0.710. The van der Waals surface area contributed by atoms with Gasteiger partial charge in [0.15, 0.2) is 0 Å². The van der Waals surface area contributed by atoms with E-state index in [9.17, 15) is 0 Å². The van der Waals surface area contributed by atoms with Crippen molar-refractivity contribution >= 4 is 3.21 Å². The number of rotatable bonds is 3. The van der Waals surface area contributed by atoms with Crippen LogP contribution >= 0.6 is 0 Å². The van der Waals surface area contributed by atoms with Crippen LogP contribution in [0, 0.1) is 0 Å². The van der Waals surface area contributed by atoms with Gasteiger partial charge in [-0.05, 0) is 0 Å². The van der Waals surface area contributed by atoms with Crippen LogP contribution in [0.1, 0.15) is 47.0 Å². The van der Waals surface area contributed by atoms with E-state index in [1.807, 2.05) is 3.28 Å². The normalized spacial score (nSPS) is 18.6. The van der Waals surface area contributed by atoms with Gasteiger partial charge in [0.05, 0.1) is 0 Å². The SMILES string of the molecule is CCC1=CC(C)=[C]([Zr]([C]2=CC=CC2)=[C](C)C)C1. The van der Waals surface area contributed by atoms with Gasteiger partial charge in [0.25, 0.3) is 0 Å². The number of allylic oxidation sites excluding steroid dienone is 8. The summed E-state index contributed by atoms with van der Waals surface area (Å²) in [4.78, 5) is 0. The van der Waals surface area contributed by atoms with Crippen molar-refractivity contribution < 1.29 is 21.3 Å². The summed E-state index contributed by atoms with van der Waals surface area (Å²) in [6.07, 6.45) is 13.1. The summed E-state index contributed by atoms with van der Waals surface area (Å²) in [6, 6.07) is 0. The van der Waals surface area contributed by atoms with Gasteiger partial charge in [-0.3, -0.25) is 0 Å². The van der Waals surface area contributed by atoms with Crippen LogP contribution in [0.25, 0.3) is 0 Å². The molecule has 0 bridgehead atoms. The molecule has 17 heavy (non-hydrogen) atoms. The Morgan fingerprint density at radius 2 is 2.12 bits per heavy atom. The summed E-state index contributed by atoms with van der Waals surface area (Å²) < 4.78 is 5.33. The Balaban J connectivity index is 2.33. The Hall–Kier alpha value is -0.287. The van der Waals surface area contributed by atoms with E-state index in [1.165, 1.54) is 19.3 Å². The first-order valence-corrected chi connectivity index (χ1v) is 10.2. The summed E-state index contributed by atoms with van der Waals surface area (Å²) in [5.41, 5.74) is 3.23. The van der Waals surface area contributed by atoms with Crippen LogP contribution in [-0.2, 0) is 21.3 Å². The van der Waals surface area contributed by atoms with Gasteiger partial charge in [0.2, 0.25) is 0 Å².